The predicted molar refractivity (Wildman–Crippen MR) is 89.2 cm³/mol. The van der Waals surface area contributed by atoms with Crippen LogP contribution in [0.4, 0.5) is 0 Å². The van der Waals surface area contributed by atoms with Crippen LogP contribution >= 0.6 is 0 Å². The molecule has 1 aromatic heterocycles. The second-order valence-corrected chi connectivity index (χ2v) is 6.75. The summed E-state index contributed by atoms with van der Waals surface area (Å²) in [7, 11) is 0. The van der Waals surface area contributed by atoms with E-state index in [0.717, 1.165) is 57.9 Å². The van der Waals surface area contributed by atoms with Gasteiger partial charge in [0.15, 0.2) is 0 Å². The Hall–Kier alpha value is -1.46. The molecular formula is C18H27N3O2. The van der Waals surface area contributed by atoms with E-state index in [1.54, 1.807) is 0 Å². The van der Waals surface area contributed by atoms with Crippen LogP contribution in [0.15, 0.2) is 18.3 Å². The van der Waals surface area contributed by atoms with E-state index in [-0.39, 0.29) is 5.91 Å². The van der Waals surface area contributed by atoms with Gasteiger partial charge >= 0.3 is 0 Å². The lowest BCUT2D eigenvalue weighted by Gasteiger charge is -2.35. The smallest absolute Gasteiger partial charge is 0.236 e. The molecule has 23 heavy (non-hydrogen) atoms. The number of carbonyl (C=O) groups is 1. The number of hydrogen-bond donors (Lipinski definition) is 0. The van der Waals surface area contributed by atoms with Gasteiger partial charge < -0.3 is 9.64 Å². The van der Waals surface area contributed by atoms with E-state index in [0.29, 0.717) is 12.5 Å². The quantitative estimate of drug-likeness (QED) is 0.844. The summed E-state index contributed by atoms with van der Waals surface area (Å²) in [5.41, 5.74) is 2.34. The van der Waals surface area contributed by atoms with E-state index in [1.807, 2.05) is 13.1 Å². The van der Waals surface area contributed by atoms with Crippen LogP contribution < -0.4 is 0 Å². The van der Waals surface area contributed by atoms with Crippen LogP contribution in [-0.4, -0.2) is 66.6 Å². The summed E-state index contributed by atoms with van der Waals surface area (Å²) in [6, 6.07) is 4.23. The van der Waals surface area contributed by atoms with Gasteiger partial charge in [0.25, 0.3) is 0 Å². The normalized spacial score (nSPS) is 23.0. The highest BCUT2D eigenvalue weighted by molar-refractivity contribution is 5.78. The van der Waals surface area contributed by atoms with E-state index < -0.39 is 0 Å². The highest BCUT2D eigenvalue weighted by atomic mass is 16.5. The number of pyridine rings is 1. The highest BCUT2D eigenvalue weighted by Crippen LogP contribution is 2.21. The van der Waals surface area contributed by atoms with Gasteiger partial charge in [0, 0.05) is 38.1 Å². The van der Waals surface area contributed by atoms with E-state index in [4.69, 9.17) is 4.74 Å². The molecule has 1 aromatic rings. The zero-order valence-corrected chi connectivity index (χ0v) is 14.0. The van der Waals surface area contributed by atoms with Crippen molar-refractivity contribution in [2.75, 3.05) is 45.9 Å². The molecule has 1 amide bonds. The summed E-state index contributed by atoms with van der Waals surface area (Å²) in [6.07, 6.45) is 5.31. The number of aromatic nitrogens is 1. The van der Waals surface area contributed by atoms with Crippen LogP contribution in [0.25, 0.3) is 0 Å². The Bertz CT molecular complexity index is 512. The Morgan fingerprint density at radius 1 is 1.30 bits per heavy atom. The number of hydrogen-bond acceptors (Lipinski definition) is 4. The number of morpholine rings is 1. The number of likely N-dealkylation sites (tertiary alicyclic amines) is 1. The predicted octanol–water partition coefficient (Wildman–Crippen LogP) is 1.50. The number of piperidine rings is 1. The van der Waals surface area contributed by atoms with Gasteiger partial charge in [0.05, 0.1) is 19.8 Å². The standard InChI is InChI=1S/C18H27N3O2/c1-15-4-5-16(12-19-15)11-17-3-2-6-21(13-17)18(22)14-20-7-9-23-10-8-20/h4-5,12,17H,2-3,6-11,13-14H2,1H3/t17-/m1/s1. The van der Waals surface area contributed by atoms with E-state index in [9.17, 15) is 4.79 Å². The van der Waals surface area contributed by atoms with E-state index in [2.05, 4.69) is 26.9 Å². The first kappa shape index (κ1) is 16.4. The van der Waals surface area contributed by atoms with Crippen LogP contribution in [0.2, 0.25) is 0 Å². The Balaban J connectivity index is 1.50. The molecule has 0 bridgehead atoms. The number of amides is 1. The average molecular weight is 317 g/mol. The van der Waals surface area contributed by atoms with Gasteiger partial charge in [-0.05, 0) is 43.7 Å². The first-order valence-electron chi connectivity index (χ1n) is 8.70. The average Bonchev–Trinajstić information content (AvgIpc) is 2.58. The topological polar surface area (TPSA) is 45.7 Å². The number of ether oxygens (including phenoxy) is 1. The molecular weight excluding hydrogens is 290 g/mol. The Morgan fingerprint density at radius 2 is 2.13 bits per heavy atom. The van der Waals surface area contributed by atoms with Crippen LogP contribution in [0.3, 0.4) is 0 Å². The second-order valence-electron chi connectivity index (χ2n) is 6.75. The summed E-state index contributed by atoms with van der Waals surface area (Å²) in [5.74, 6) is 0.834. The summed E-state index contributed by atoms with van der Waals surface area (Å²) < 4.78 is 5.35. The van der Waals surface area contributed by atoms with E-state index in [1.165, 1.54) is 12.0 Å². The number of rotatable bonds is 4. The maximum absolute atomic E-state index is 12.5. The van der Waals surface area contributed by atoms with Crippen LogP contribution in [0, 0.1) is 12.8 Å². The first-order valence-corrected chi connectivity index (χ1v) is 8.70. The van der Waals surface area contributed by atoms with Crippen molar-refractivity contribution in [2.24, 2.45) is 5.92 Å². The third-order valence-electron chi connectivity index (χ3n) is 4.83. The van der Waals surface area contributed by atoms with Crippen molar-refractivity contribution in [3.8, 4) is 0 Å². The van der Waals surface area contributed by atoms with Gasteiger partial charge in [-0.15, -0.1) is 0 Å². The molecule has 126 valence electrons. The molecule has 5 heteroatoms. The number of nitrogens with zero attached hydrogens (tertiary/aromatic N) is 3. The fraction of sp³-hybridized carbons (Fsp3) is 0.667. The Morgan fingerprint density at radius 3 is 2.87 bits per heavy atom. The maximum Gasteiger partial charge on any atom is 0.236 e. The number of aryl methyl sites for hydroxylation is 1. The minimum atomic E-state index is 0.277. The van der Waals surface area contributed by atoms with Crippen molar-refractivity contribution in [2.45, 2.75) is 26.2 Å². The minimum Gasteiger partial charge on any atom is -0.379 e. The molecule has 1 atom stereocenters. The van der Waals surface area contributed by atoms with Gasteiger partial charge in [-0.1, -0.05) is 6.07 Å². The van der Waals surface area contributed by atoms with Crippen molar-refractivity contribution in [3.05, 3.63) is 29.6 Å². The molecule has 2 saturated heterocycles. The summed E-state index contributed by atoms with van der Waals surface area (Å²) in [5, 5.41) is 0. The van der Waals surface area contributed by atoms with Crippen LogP contribution in [-0.2, 0) is 16.0 Å². The zero-order chi connectivity index (χ0) is 16.1. The second kappa shape index (κ2) is 7.88. The Labute approximate surface area is 138 Å². The molecule has 5 nitrogen and oxygen atoms in total. The van der Waals surface area contributed by atoms with Crippen LogP contribution in [0.5, 0.6) is 0 Å². The third-order valence-corrected chi connectivity index (χ3v) is 4.83. The third kappa shape index (κ3) is 4.75. The molecule has 0 N–H and O–H groups in total. The molecule has 0 saturated carbocycles. The van der Waals surface area contributed by atoms with Crippen molar-refractivity contribution >= 4 is 5.91 Å². The Kier molecular flexibility index (Phi) is 5.62. The fourth-order valence-electron chi connectivity index (χ4n) is 3.46. The SMILES string of the molecule is Cc1ccc(C[C@H]2CCCN(C(=O)CN3CCOCC3)C2)cn1. The molecule has 2 fully saturated rings. The monoisotopic (exact) mass is 317 g/mol. The van der Waals surface area contributed by atoms with Gasteiger partial charge in [0.2, 0.25) is 5.91 Å². The molecule has 0 spiro atoms. The summed E-state index contributed by atoms with van der Waals surface area (Å²) in [4.78, 5) is 21.2. The minimum absolute atomic E-state index is 0.277. The van der Waals surface area contributed by atoms with Crippen molar-refractivity contribution < 1.29 is 9.53 Å². The van der Waals surface area contributed by atoms with Gasteiger partial charge in [-0.3, -0.25) is 14.7 Å². The molecule has 0 aliphatic carbocycles. The first-order chi connectivity index (χ1) is 11.2. The molecule has 0 radical (unpaired) electrons. The largest absolute Gasteiger partial charge is 0.379 e. The lowest BCUT2D eigenvalue weighted by atomic mass is 9.91. The molecule has 2 aliphatic heterocycles. The summed E-state index contributed by atoms with van der Waals surface area (Å²) in [6.45, 7) is 7.59. The fourth-order valence-corrected chi connectivity index (χ4v) is 3.46. The van der Waals surface area contributed by atoms with Crippen molar-refractivity contribution in [1.29, 1.82) is 0 Å². The van der Waals surface area contributed by atoms with Gasteiger partial charge in [-0.25, -0.2) is 0 Å². The van der Waals surface area contributed by atoms with Gasteiger partial charge in [0.1, 0.15) is 0 Å². The van der Waals surface area contributed by atoms with Gasteiger partial charge in [-0.2, -0.15) is 0 Å². The molecule has 0 unspecified atom stereocenters. The zero-order valence-electron chi connectivity index (χ0n) is 14.0. The molecule has 0 aromatic carbocycles. The lowest BCUT2D eigenvalue weighted by molar-refractivity contribution is -0.135. The number of carbonyl (C=O) groups excluding carboxylic acids is 1. The maximum atomic E-state index is 12.5. The lowest BCUT2D eigenvalue weighted by Crippen LogP contribution is -2.47. The van der Waals surface area contributed by atoms with E-state index >= 15 is 0 Å². The molecule has 3 heterocycles. The molecule has 3 rings (SSSR count). The molecule has 2 aliphatic rings. The van der Waals surface area contributed by atoms with Crippen molar-refractivity contribution in [1.82, 2.24) is 14.8 Å². The van der Waals surface area contributed by atoms with Crippen LogP contribution in [0.1, 0.15) is 24.1 Å². The summed E-state index contributed by atoms with van der Waals surface area (Å²) >= 11 is 0. The highest BCUT2D eigenvalue weighted by Gasteiger charge is 2.25. The van der Waals surface area contributed by atoms with Crippen molar-refractivity contribution in [3.63, 3.8) is 0 Å².